The van der Waals surface area contributed by atoms with Crippen LogP contribution in [-0.4, -0.2) is 34.9 Å². The van der Waals surface area contributed by atoms with Crippen LogP contribution in [-0.2, 0) is 9.59 Å². The summed E-state index contributed by atoms with van der Waals surface area (Å²) in [5.41, 5.74) is 2.14. The van der Waals surface area contributed by atoms with Crippen LogP contribution in [0.3, 0.4) is 0 Å². The van der Waals surface area contributed by atoms with Crippen LogP contribution in [0.5, 0.6) is 0 Å². The number of benzene rings is 2. The first-order chi connectivity index (χ1) is 11.7. The summed E-state index contributed by atoms with van der Waals surface area (Å²) in [5, 5.41) is 11.1. The van der Waals surface area contributed by atoms with E-state index < -0.39 is 0 Å². The zero-order valence-electron chi connectivity index (χ0n) is 12.9. The summed E-state index contributed by atoms with van der Waals surface area (Å²) >= 11 is 1.52. The largest absolute Gasteiger partial charge is 0.325 e. The third-order valence-corrected chi connectivity index (χ3v) is 4.29. The van der Waals surface area contributed by atoms with Gasteiger partial charge in [0.15, 0.2) is 0 Å². The molecule has 2 aromatic carbocycles. The fraction of sp³-hybridized carbons (Fsp3) is 0.176. The van der Waals surface area contributed by atoms with Gasteiger partial charge in [0.05, 0.1) is 23.0 Å². The highest BCUT2D eigenvalue weighted by Crippen LogP contribution is 2.20. The van der Waals surface area contributed by atoms with Crippen molar-refractivity contribution < 1.29 is 9.59 Å². The second kappa shape index (κ2) is 7.74. The van der Waals surface area contributed by atoms with Gasteiger partial charge in [0, 0.05) is 5.69 Å². The van der Waals surface area contributed by atoms with Gasteiger partial charge in [0.2, 0.25) is 11.8 Å². The molecule has 6 nitrogen and oxygen atoms in total. The quantitative estimate of drug-likeness (QED) is 0.846. The Kier molecular flexibility index (Phi) is 5.22. The van der Waals surface area contributed by atoms with Gasteiger partial charge in [-0.05, 0) is 36.4 Å². The number of nitrogens with one attached hydrogen (secondary N) is 1. The molecule has 2 aromatic rings. The summed E-state index contributed by atoms with van der Waals surface area (Å²) in [4.78, 5) is 25.0. The average Bonchev–Trinajstić information content (AvgIpc) is 3.00. The van der Waals surface area contributed by atoms with Crippen LogP contribution in [0.15, 0.2) is 64.8 Å². The number of anilines is 1. The Morgan fingerprint density at radius 2 is 1.71 bits per heavy atom. The normalized spacial score (nSPS) is 14.3. The van der Waals surface area contributed by atoms with E-state index in [1.165, 1.54) is 11.8 Å². The van der Waals surface area contributed by atoms with Crippen molar-refractivity contribution in [1.82, 2.24) is 4.90 Å². The Morgan fingerprint density at radius 3 is 2.33 bits per heavy atom. The predicted octanol–water partition coefficient (Wildman–Crippen LogP) is 3.57. The van der Waals surface area contributed by atoms with Crippen LogP contribution < -0.4 is 5.32 Å². The second-order valence-corrected chi connectivity index (χ2v) is 6.15. The Labute approximate surface area is 144 Å². The number of amides is 2. The molecular formula is C17H16N4O2S. The fourth-order valence-electron chi connectivity index (χ4n) is 2.14. The van der Waals surface area contributed by atoms with Gasteiger partial charge in [-0.2, -0.15) is 10.2 Å². The first-order valence-corrected chi connectivity index (χ1v) is 8.58. The van der Waals surface area contributed by atoms with Crippen LogP contribution in [0, 0.1) is 0 Å². The molecule has 0 radical (unpaired) electrons. The van der Waals surface area contributed by atoms with Gasteiger partial charge < -0.3 is 10.2 Å². The molecule has 1 aliphatic rings. The van der Waals surface area contributed by atoms with Crippen molar-refractivity contribution in [3.05, 3.63) is 54.6 Å². The zero-order valence-corrected chi connectivity index (χ0v) is 13.7. The van der Waals surface area contributed by atoms with E-state index in [4.69, 9.17) is 0 Å². The Bertz CT molecular complexity index is 747. The van der Waals surface area contributed by atoms with Crippen LogP contribution in [0.2, 0.25) is 0 Å². The molecule has 0 bridgehead atoms. The van der Waals surface area contributed by atoms with E-state index in [1.54, 1.807) is 29.2 Å². The molecule has 1 fully saturated rings. The van der Waals surface area contributed by atoms with Crippen molar-refractivity contribution in [3.8, 4) is 0 Å². The molecule has 0 saturated carbocycles. The maximum atomic E-state index is 12.0. The Hall–Kier alpha value is -2.67. The van der Waals surface area contributed by atoms with Crippen LogP contribution in [0.25, 0.3) is 0 Å². The van der Waals surface area contributed by atoms with Crippen LogP contribution >= 0.6 is 11.8 Å². The van der Waals surface area contributed by atoms with Gasteiger partial charge in [-0.15, -0.1) is 11.8 Å². The zero-order chi connectivity index (χ0) is 16.8. The van der Waals surface area contributed by atoms with Crippen molar-refractivity contribution in [2.45, 2.75) is 0 Å². The third kappa shape index (κ3) is 4.42. The number of azo groups is 1. The molecule has 0 aromatic heterocycles. The highest BCUT2D eigenvalue weighted by Gasteiger charge is 2.22. The monoisotopic (exact) mass is 340 g/mol. The SMILES string of the molecule is O=C(CN1CSCC1=O)Nc1ccc(N=Nc2ccccc2)cc1. The standard InChI is InChI=1S/C17H16N4O2S/c22-16(10-21-12-24-11-17(21)23)18-13-6-8-15(9-7-13)20-19-14-4-2-1-3-5-14/h1-9H,10-12H2,(H,18,22). The van der Waals surface area contributed by atoms with E-state index in [0.717, 1.165) is 5.69 Å². The smallest absolute Gasteiger partial charge is 0.244 e. The minimum Gasteiger partial charge on any atom is -0.325 e. The summed E-state index contributed by atoms with van der Waals surface area (Å²) in [7, 11) is 0. The lowest BCUT2D eigenvalue weighted by molar-refractivity contribution is -0.130. The van der Waals surface area contributed by atoms with E-state index in [2.05, 4.69) is 15.5 Å². The fourth-order valence-corrected chi connectivity index (χ4v) is 3.04. The van der Waals surface area contributed by atoms with Crippen molar-refractivity contribution in [1.29, 1.82) is 0 Å². The van der Waals surface area contributed by atoms with E-state index in [-0.39, 0.29) is 18.4 Å². The Morgan fingerprint density at radius 1 is 1.04 bits per heavy atom. The lowest BCUT2D eigenvalue weighted by Gasteiger charge is -2.14. The van der Waals surface area contributed by atoms with Gasteiger partial charge in [-0.25, -0.2) is 0 Å². The van der Waals surface area contributed by atoms with E-state index in [0.29, 0.717) is 23.0 Å². The van der Waals surface area contributed by atoms with Crippen LogP contribution in [0.1, 0.15) is 0 Å². The number of hydrogen-bond acceptors (Lipinski definition) is 5. The molecule has 1 heterocycles. The number of thioether (sulfide) groups is 1. The first-order valence-electron chi connectivity index (χ1n) is 7.43. The minimum absolute atomic E-state index is 0.00632. The first kappa shape index (κ1) is 16.2. The molecule has 122 valence electrons. The van der Waals surface area contributed by atoms with E-state index in [9.17, 15) is 9.59 Å². The highest BCUT2D eigenvalue weighted by atomic mass is 32.2. The minimum atomic E-state index is -0.204. The number of nitrogens with zero attached hydrogens (tertiary/aromatic N) is 3. The van der Waals surface area contributed by atoms with Gasteiger partial charge in [-0.1, -0.05) is 18.2 Å². The third-order valence-electron chi connectivity index (χ3n) is 3.35. The maximum absolute atomic E-state index is 12.0. The molecule has 1 N–H and O–H groups in total. The summed E-state index contributed by atoms with van der Waals surface area (Å²) in [6, 6.07) is 16.5. The topological polar surface area (TPSA) is 74.1 Å². The Balaban J connectivity index is 1.55. The molecule has 0 atom stereocenters. The number of hydrogen-bond donors (Lipinski definition) is 1. The van der Waals surface area contributed by atoms with Gasteiger partial charge >= 0.3 is 0 Å². The van der Waals surface area contributed by atoms with Gasteiger partial charge in [0.1, 0.15) is 6.54 Å². The predicted molar refractivity (Wildman–Crippen MR) is 94.7 cm³/mol. The highest BCUT2D eigenvalue weighted by molar-refractivity contribution is 8.00. The molecular weight excluding hydrogens is 324 g/mol. The molecule has 1 aliphatic heterocycles. The van der Waals surface area contributed by atoms with Crippen molar-refractivity contribution in [3.63, 3.8) is 0 Å². The summed E-state index contributed by atoms with van der Waals surface area (Å²) in [6.07, 6.45) is 0. The average molecular weight is 340 g/mol. The van der Waals surface area contributed by atoms with Gasteiger partial charge in [0.25, 0.3) is 0 Å². The van der Waals surface area contributed by atoms with E-state index >= 15 is 0 Å². The molecule has 7 heteroatoms. The molecule has 3 rings (SSSR count). The number of rotatable bonds is 5. The van der Waals surface area contributed by atoms with Crippen molar-refractivity contribution >= 4 is 40.6 Å². The molecule has 0 spiro atoms. The molecule has 24 heavy (non-hydrogen) atoms. The van der Waals surface area contributed by atoms with Crippen molar-refractivity contribution in [2.75, 3.05) is 23.5 Å². The maximum Gasteiger partial charge on any atom is 0.244 e. The lowest BCUT2D eigenvalue weighted by Crippen LogP contribution is -2.34. The number of carbonyl (C=O) groups excluding carboxylic acids is 2. The lowest BCUT2D eigenvalue weighted by atomic mass is 10.3. The second-order valence-electron chi connectivity index (χ2n) is 5.20. The molecule has 2 amide bonds. The number of carbonyl (C=O) groups is 2. The molecule has 0 unspecified atom stereocenters. The van der Waals surface area contributed by atoms with Crippen LogP contribution in [0.4, 0.5) is 17.1 Å². The molecule has 0 aliphatic carbocycles. The van der Waals surface area contributed by atoms with Crippen molar-refractivity contribution in [2.24, 2.45) is 10.2 Å². The van der Waals surface area contributed by atoms with Gasteiger partial charge in [-0.3, -0.25) is 9.59 Å². The summed E-state index contributed by atoms with van der Waals surface area (Å²) < 4.78 is 0. The molecule has 1 saturated heterocycles. The summed E-state index contributed by atoms with van der Waals surface area (Å²) in [6.45, 7) is 0.0846. The summed E-state index contributed by atoms with van der Waals surface area (Å²) in [5.74, 6) is 0.829. The van der Waals surface area contributed by atoms with E-state index in [1.807, 2.05) is 30.3 Å².